The zero-order valence-corrected chi connectivity index (χ0v) is 17.3. The third kappa shape index (κ3) is 4.89. The van der Waals surface area contributed by atoms with Crippen LogP contribution in [0.4, 0.5) is 11.4 Å². The quantitative estimate of drug-likeness (QED) is 0.748. The molecular formula is C20H24N2O5S. The van der Waals surface area contributed by atoms with E-state index in [0.717, 1.165) is 21.7 Å². The molecule has 0 aliphatic carbocycles. The number of rotatable bonds is 6. The summed E-state index contributed by atoms with van der Waals surface area (Å²) in [5.74, 6) is -1.05. The molecule has 1 atom stereocenters. The number of aryl methyl sites for hydroxylation is 2. The van der Waals surface area contributed by atoms with Crippen LogP contribution in [0, 0.1) is 13.8 Å². The number of sulfonamides is 1. The molecule has 0 heterocycles. The number of ether oxygens (including phenoxy) is 1. The first-order valence-electron chi connectivity index (χ1n) is 8.60. The summed E-state index contributed by atoms with van der Waals surface area (Å²) in [4.78, 5) is 24.4. The van der Waals surface area contributed by atoms with Crippen LogP contribution < -0.4 is 9.62 Å². The molecule has 2 aromatic carbocycles. The molecule has 0 aliphatic heterocycles. The van der Waals surface area contributed by atoms with Crippen molar-refractivity contribution in [2.24, 2.45) is 0 Å². The van der Waals surface area contributed by atoms with Gasteiger partial charge in [-0.3, -0.25) is 9.10 Å². The van der Waals surface area contributed by atoms with Gasteiger partial charge in [-0.05, 0) is 56.2 Å². The van der Waals surface area contributed by atoms with Crippen molar-refractivity contribution >= 4 is 33.3 Å². The Balaban J connectivity index is 2.35. The fraction of sp³-hybridized carbons (Fsp3) is 0.300. The van der Waals surface area contributed by atoms with Crippen LogP contribution in [0.1, 0.15) is 28.4 Å². The molecule has 0 spiro atoms. The lowest BCUT2D eigenvalue weighted by Gasteiger charge is -2.29. The Morgan fingerprint density at radius 3 is 2.39 bits per heavy atom. The first-order valence-corrected chi connectivity index (χ1v) is 10.5. The number of nitrogens with zero attached hydrogens (tertiary/aromatic N) is 1. The average Bonchev–Trinajstić information content (AvgIpc) is 2.63. The Morgan fingerprint density at radius 2 is 1.79 bits per heavy atom. The molecule has 0 radical (unpaired) electrons. The summed E-state index contributed by atoms with van der Waals surface area (Å²) >= 11 is 0. The third-order valence-corrected chi connectivity index (χ3v) is 5.47. The van der Waals surface area contributed by atoms with E-state index in [1.807, 2.05) is 19.1 Å². The van der Waals surface area contributed by atoms with E-state index < -0.39 is 27.9 Å². The number of anilines is 2. The van der Waals surface area contributed by atoms with E-state index in [1.165, 1.54) is 20.1 Å². The number of benzene rings is 2. The molecule has 0 aromatic heterocycles. The molecule has 0 fully saturated rings. The van der Waals surface area contributed by atoms with Crippen LogP contribution in [-0.2, 0) is 19.6 Å². The molecule has 8 heteroatoms. The zero-order valence-electron chi connectivity index (χ0n) is 16.5. The minimum Gasteiger partial charge on any atom is -0.465 e. The van der Waals surface area contributed by atoms with Crippen LogP contribution in [0.5, 0.6) is 0 Å². The second-order valence-electron chi connectivity index (χ2n) is 6.59. The van der Waals surface area contributed by atoms with E-state index in [2.05, 4.69) is 10.1 Å². The summed E-state index contributed by atoms with van der Waals surface area (Å²) < 4.78 is 30.7. The number of hydrogen-bond acceptors (Lipinski definition) is 5. The third-order valence-electron chi connectivity index (χ3n) is 4.24. The largest absolute Gasteiger partial charge is 0.465 e. The smallest absolute Gasteiger partial charge is 0.337 e. The fourth-order valence-electron chi connectivity index (χ4n) is 2.83. The van der Waals surface area contributed by atoms with Gasteiger partial charge in [0.2, 0.25) is 15.9 Å². The Labute approximate surface area is 165 Å². The van der Waals surface area contributed by atoms with E-state index in [4.69, 9.17) is 0 Å². The van der Waals surface area contributed by atoms with Crippen LogP contribution in [0.15, 0.2) is 42.5 Å². The first kappa shape index (κ1) is 21.4. The van der Waals surface area contributed by atoms with Crippen molar-refractivity contribution in [1.29, 1.82) is 0 Å². The van der Waals surface area contributed by atoms with Gasteiger partial charge in [-0.2, -0.15) is 0 Å². The molecule has 150 valence electrons. The van der Waals surface area contributed by atoms with Gasteiger partial charge in [0.15, 0.2) is 0 Å². The lowest BCUT2D eigenvalue weighted by Crippen LogP contribution is -2.45. The predicted octanol–water partition coefficient (Wildman–Crippen LogP) is 2.88. The van der Waals surface area contributed by atoms with Crippen molar-refractivity contribution in [2.75, 3.05) is 23.0 Å². The van der Waals surface area contributed by atoms with Gasteiger partial charge in [0.1, 0.15) is 6.04 Å². The minimum atomic E-state index is -3.72. The number of amides is 1. The second-order valence-corrected chi connectivity index (χ2v) is 8.45. The van der Waals surface area contributed by atoms with Crippen molar-refractivity contribution in [1.82, 2.24) is 0 Å². The minimum absolute atomic E-state index is 0.280. The summed E-state index contributed by atoms with van der Waals surface area (Å²) in [7, 11) is -2.45. The highest BCUT2D eigenvalue weighted by molar-refractivity contribution is 7.92. The lowest BCUT2D eigenvalue weighted by molar-refractivity contribution is -0.116. The zero-order chi connectivity index (χ0) is 21.1. The molecule has 0 saturated heterocycles. The van der Waals surface area contributed by atoms with Crippen molar-refractivity contribution in [3.8, 4) is 0 Å². The predicted molar refractivity (Wildman–Crippen MR) is 109 cm³/mol. The SMILES string of the molecule is COC(=O)c1cccc(NC(=O)C(C)N(c2cc(C)ccc2C)S(C)(=O)=O)c1. The Kier molecular flexibility index (Phi) is 6.45. The number of carbonyl (C=O) groups excluding carboxylic acids is 2. The van der Waals surface area contributed by atoms with Gasteiger partial charge in [0, 0.05) is 5.69 Å². The van der Waals surface area contributed by atoms with Gasteiger partial charge < -0.3 is 10.1 Å². The monoisotopic (exact) mass is 404 g/mol. The summed E-state index contributed by atoms with van der Waals surface area (Å²) in [5, 5.41) is 2.66. The summed E-state index contributed by atoms with van der Waals surface area (Å²) in [6.07, 6.45) is 1.07. The Hall–Kier alpha value is -2.87. The molecule has 0 saturated carbocycles. The van der Waals surface area contributed by atoms with Gasteiger partial charge >= 0.3 is 5.97 Å². The lowest BCUT2D eigenvalue weighted by atomic mass is 10.1. The molecule has 2 rings (SSSR count). The number of carbonyl (C=O) groups is 2. The molecule has 1 N–H and O–H groups in total. The van der Waals surface area contributed by atoms with Crippen LogP contribution in [0.25, 0.3) is 0 Å². The topological polar surface area (TPSA) is 92.8 Å². The Morgan fingerprint density at radius 1 is 1.11 bits per heavy atom. The molecule has 2 aromatic rings. The van der Waals surface area contributed by atoms with E-state index >= 15 is 0 Å². The Bertz CT molecular complexity index is 1000. The summed E-state index contributed by atoms with van der Waals surface area (Å²) in [6.45, 7) is 5.16. The van der Waals surface area contributed by atoms with E-state index in [0.29, 0.717) is 11.4 Å². The van der Waals surface area contributed by atoms with Gasteiger partial charge in [0.05, 0.1) is 24.6 Å². The maximum atomic E-state index is 12.8. The van der Waals surface area contributed by atoms with E-state index in [1.54, 1.807) is 31.2 Å². The fourth-order valence-corrected chi connectivity index (χ4v) is 4.05. The highest BCUT2D eigenvalue weighted by Gasteiger charge is 2.30. The molecule has 0 bridgehead atoms. The highest BCUT2D eigenvalue weighted by Crippen LogP contribution is 2.26. The van der Waals surface area contributed by atoms with Crippen LogP contribution in [-0.4, -0.2) is 39.7 Å². The summed E-state index contributed by atoms with van der Waals surface area (Å²) in [6, 6.07) is 10.7. The van der Waals surface area contributed by atoms with E-state index in [9.17, 15) is 18.0 Å². The van der Waals surface area contributed by atoms with E-state index in [-0.39, 0.29) is 5.56 Å². The van der Waals surface area contributed by atoms with Gasteiger partial charge in [-0.25, -0.2) is 13.2 Å². The molecule has 7 nitrogen and oxygen atoms in total. The number of esters is 1. The standard InChI is InChI=1S/C20H24N2O5S/c1-13-9-10-14(2)18(11-13)22(28(5,25)26)15(3)19(23)21-17-8-6-7-16(12-17)20(24)27-4/h6-12,15H,1-5H3,(H,21,23). The summed E-state index contributed by atoms with van der Waals surface area (Å²) in [5.41, 5.74) is 2.72. The number of hydrogen-bond donors (Lipinski definition) is 1. The molecule has 0 aliphatic rings. The molecular weight excluding hydrogens is 380 g/mol. The van der Waals surface area contributed by atoms with Crippen LogP contribution in [0.3, 0.4) is 0 Å². The van der Waals surface area contributed by atoms with Crippen molar-refractivity contribution in [3.05, 3.63) is 59.2 Å². The van der Waals surface area contributed by atoms with Crippen molar-refractivity contribution in [3.63, 3.8) is 0 Å². The second kappa shape index (κ2) is 8.43. The van der Waals surface area contributed by atoms with Gasteiger partial charge in [-0.1, -0.05) is 18.2 Å². The van der Waals surface area contributed by atoms with Crippen molar-refractivity contribution < 1.29 is 22.7 Å². The first-order chi connectivity index (χ1) is 13.0. The maximum Gasteiger partial charge on any atom is 0.337 e. The van der Waals surface area contributed by atoms with Crippen molar-refractivity contribution in [2.45, 2.75) is 26.8 Å². The van der Waals surface area contributed by atoms with Gasteiger partial charge in [-0.15, -0.1) is 0 Å². The molecule has 1 amide bonds. The van der Waals surface area contributed by atoms with Gasteiger partial charge in [0.25, 0.3) is 0 Å². The number of nitrogens with one attached hydrogen (secondary N) is 1. The number of methoxy groups -OCH3 is 1. The van der Waals surface area contributed by atoms with Crippen LogP contribution in [0.2, 0.25) is 0 Å². The molecule has 28 heavy (non-hydrogen) atoms. The normalized spacial score (nSPS) is 12.2. The maximum absolute atomic E-state index is 12.8. The average molecular weight is 404 g/mol. The molecule has 1 unspecified atom stereocenters. The van der Waals surface area contributed by atoms with Crippen LogP contribution >= 0.6 is 0 Å². The highest BCUT2D eigenvalue weighted by atomic mass is 32.2.